The van der Waals surface area contributed by atoms with Crippen molar-refractivity contribution in [3.05, 3.63) is 47.7 Å². The molecule has 1 heterocycles. The van der Waals surface area contributed by atoms with Crippen LogP contribution in [0.2, 0.25) is 0 Å². The number of imide groups is 1. The normalized spacial score (nSPS) is 15.9. The van der Waals surface area contributed by atoms with E-state index in [4.69, 9.17) is 9.84 Å². The number of amides is 3. The van der Waals surface area contributed by atoms with Crippen molar-refractivity contribution in [2.45, 2.75) is 0 Å². The first-order valence-corrected chi connectivity index (χ1v) is 7.13. The summed E-state index contributed by atoms with van der Waals surface area (Å²) in [5.41, 5.74) is 0.754. The van der Waals surface area contributed by atoms with Crippen molar-refractivity contribution in [2.75, 3.05) is 13.7 Å². The minimum Gasteiger partial charge on any atom is -0.496 e. The number of rotatable bonds is 4. The van der Waals surface area contributed by atoms with Crippen LogP contribution >= 0.6 is 0 Å². The maximum absolute atomic E-state index is 12.2. The summed E-state index contributed by atoms with van der Waals surface area (Å²) in [7, 11) is 1.57. The number of hydrogen-bond acceptors (Lipinski definition) is 4. The largest absolute Gasteiger partial charge is 0.496 e. The van der Waals surface area contributed by atoms with Gasteiger partial charge >= 0.3 is 12.0 Å². The number of carboxylic acid groups (broad SMARTS) is 1. The number of carbonyl (C=O) groups is 3. The maximum Gasteiger partial charge on any atom is 0.329 e. The molecule has 0 bridgehead atoms. The molecule has 1 saturated heterocycles. The summed E-state index contributed by atoms with van der Waals surface area (Å²) in [5.74, 6) is -1.22. The quantitative estimate of drug-likeness (QED) is 0.660. The Labute approximate surface area is 137 Å². The van der Waals surface area contributed by atoms with E-state index in [0.29, 0.717) is 16.2 Å². The molecule has 2 aromatic rings. The zero-order valence-electron chi connectivity index (χ0n) is 12.8. The number of methoxy groups -OCH3 is 1. The molecular formula is C17H14N2O5. The second-order valence-corrected chi connectivity index (χ2v) is 5.18. The Hall–Kier alpha value is -3.35. The van der Waals surface area contributed by atoms with E-state index >= 15 is 0 Å². The molecule has 122 valence electrons. The van der Waals surface area contributed by atoms with Crippen LogP contribution in [0.3, 0.4) is 0 Å². The molecule has 0 aromatic heterocycles. The number of nitrogens with one attached hydrogen (secondary N) is 1. The highest BCUT2D eigenvalue weighted by Gasteiger charge is 2.34. The first kappa shape index (κ1) is 15.5. The number of benzene rings is 2. The topological polar surface area (TPSA) is 95.9 Å². The summed E-state index contributed by atoms with van der Waals surface area (Å²) in [6, 6.07) is 10.3. The molecule has 3 rings (SSSR count). The second-order valence-electron chi connectivity index (χ2n) is 5.18. The summed E-state index contributed by atoms with van der Waals surface area (Å²) < 4.78 is 5.32. The third-order valence-corrected chi connectivity index (χ3v) is 3.69. The van der Waals surface area contributed by atoms with Gasteiger partial charge in [-0.2, -0.15) is 0 Å². The highest BCUT2D eigenvalue weighted by molar-refractivity contribution is 6.15. The van der Waals surface area contributed by atoms with Crippen molar-refractivity contribution in [3.8, 4) is 5.75 Å². The molecule has 0 atom stereocenters. The Morgan fingerprint density at radius 2 is 1.92 bits per heavy atom. The Kier molecular flexibility index (Phi) is 3.91. The van der Waals surface area contributed by atoms with E-state index in [9.17, 15) is 14.4 Å². The number of hydrogen-bond donors (Lipinski definition) is 2. The molecule has 1 aliphatic rings. The van der Waals surface area contributed by atoms with Gasteiger partial charge in [-0.1, -0.05) is 30.3 Å². The number of nitrogens with zero attached hydrogens (tertiary/aromatic N) is 1. The number of ether oxygens (including phenoxy) is 1. The van der Waals surface area contributed by atoms with Crippen molar-refractivity contribution in [1.82, 2.24) is 10.2 Å². The van der Waals surface area contributed by atoms with Gasteiger partial charge < -0.3 is 15.2 Å². The summed E-state index contributed by atoms with van der Waals surface area (Å²) in [4.78, 5) is 35.4. The maximum atomic E-state index is 12.2. The van der Waals surface area contributed by atoms with E-state index in [1.807, 2.05) is 24.3 Å². The van der Waals surface area contributed by atoms with Crippen LogP contribution in [-0.2, 0) is 9.59 Å². The highest BCUT2D eigenvalue weighted by Crippen LogP contribution is 2.29. The zero-order chi connectivity index (χ0) is 17.3. The molecule has 7 heteroatoms. The smallest absolute Gasteiger partial charge is 0.329 e. The van der Waals surface area contributed by atoms with Gasteiger partial charge in [0.1, 0.15) is 18.0 Å². The van der Waals surface area contributed by atoms with E-state index in [1.54, 1.807) is 19.2 Å². The summed E-state index contributed by atoms with van der Waals surface area (Å²) in [6.45, 7) is -0.675. The van der Waals surface area contributed by atoms with Gasteiger partial charge in [0, 0.05) is 5.39 Å². The lowest BCUT2D eigenvalue weighted by molar-refractivity contribution is -0.140. The number of carbonyl (C=O) groups excluding carboxylic acids is 2. The number of aliphatic carboxylic acids is 1. The van der Waals surface area contributed by atoms with Gasteiger partial charge in [-0.05, 0) is 23.1 Å². The average molecular weight is 326 g/mol. The third kappa shape index (κ3) is 2.67. The van der Waals surface area contributed by atoms with Gasteiger partial charge in [0.2, 0.25) is 0 Å². The predicted octanol–water partition coefficient (Wildman–Crippen LogP) is 1.83. The molecule has 2 aromatic carbocycles. The van der Waals surface area contributed by atoms with Crippen molar-refractivity contribution in [2.24, 2.45) is 0 Å². The number of urea groups is 1. The lowest BCUT2D eigenvalue weighted by atomic mass is 10.0. The Morgan fingerprint density at radius 3 is 2.58 bits per heavy atom. The summed E-state index contributed by atoms with van der Waals surface area (Å²) in [5, 5.41) is 12.9. The minimum atomic E-state index is -1.25. The Bertz CT molecular complexity index is 888. The molecule has 3 amide bonds. The Balaban J connectivity index is 2.04. The van der Waals surface area contributed by atoms with Crippen LogP contribution in [0, 0.1) is 0 Å². The standard InChI is InChI=1S/C17H14N2O5/c1-24-14-7-6-10(11-4-2-3-5-12(11)14)8-13-16(22)19(9-15(20)21)17(23)18-13/h2-8H,9H2,1H3,(H,18,23)(H,20,21). The van der Waals surface area contributed by atoms with E-state index in [1.165, 1.54) is 6.08 Å². The first-order valence-electron chi connectivity index (χ1n) is 7.13. The van der Waals surface area contributed by atoms with Crippen LogP contribution in [0.15, 0.2) is 42.1 Å². The summed E-state index contributed by atoms with van der Waals surface area (Å²) >= 11 is 0. The van der Waals surface area contributed by atoms with Crippen molar-refractivity contribution >= 4 is 34.8 Å². The predicted molar refractivity (Wildman–Crippen MR) is 86.4 cm³/mol. The fourth-order valence-electron chi connectivity index (χ4n) is 2.60. The molecule has 0 spiro atoms. The van der Waals surface area contributed by atoms with Crippen LogP contribution in [0.4, 0.5) is 4.79 Å². The van der Waals surface area contributed by atoms with Gasteiger partial charge in [-0.15, -0.1) is 0 Å². The van der Waals surface area contributed by atoms with Gasteiger partial charge in [-0.3, -0.25) is 9.59 Å². The zero-order valence-corrected chi connectivity index (χ0v) is 12.8. The molecule has 7 nitrogen and oxygen atoms in total. The fourth-order valence-corrected chi connectivity index (χ4v) is 2.60. The molecule has 0 aliphatic carbocycles. The van der Waals surface area contributed by atoms with E-state index in [-0.39, 0.29) is 5.70 Å². The molecule has 0 radical (unpaired) electrons. The molecule has 0 unspecified atom stereocenters. The van der Waals surface area contributed by atoms with E-state index in [0.717, 1.165) is 10.8 Å². The Morgan fingerprint density at radius 1 is 1.21 bits per heavy atom. The number of fused-ring (bicyclic) bond motifs is 1. The van der Waals surface area contributed by atoms with Gasteiger partial charge in [0.25, 0.3) is 5.91 Å². The lowest BCUT2D eigenvalue weighted by Gasteiger charge is -2.08. The first-order chi connectivity index (χ1) is 11.5. The van der Waals surface area contributed by atoms with Crippen LogP contribution in [0.5, 0.6) is 5.75 Å². The third-order valence-electron chi connectivity index (χ3n) is 3.69. The van der Waals surface area contributed by atoms with Crippen molar-refractivity contribution < 1.29 is 24.2 Å². The summed E-state index contributed by atoms with van der Waals surface area (Å²) in [6.07, 6.45) is 1.53. The molecule has 2 N–H and O–H groups in total. The molecule has 1 fully saturated rings. The molecule has 1 aliphatic heterocycles. The van der Waals surface area contributed by atoms with Gasteiger partial charge in [0.15, 0.2) is 0 Å². The van der Waals surface area contributed by atoms with Crippen LogP contribution in [-0.4, -0.2) is 41.6 Å². The second kappa shape index (κ2) is 6.04. The van der Waals surface area contributed by atoms with Crippen molar-refractivity contribution in [1.29, 1.82) is 0 Å². The van der Waals surface area contributed by atoms with E-state index < -0.39 is 24.5 Å². The van der Waals surface area contributed by atoms with E-state index in [2.05, 4.69) is 5.32 Å². The lowest BCUT2D eigenvalue weighted by Crippen LogP contribution is -2.35. The number of carboxylic acids is 1. The van der Waals surface area contributed by atoms with Gasteiger partial charge in [-0.25, -0.2) is 9.69 Å². The highest BCUT2D eigenvalue weighted by atomic mass is 16.5. The molecule has 0 saturated carbocycles. The molecular weight excluding hydrogens is 312 g/mol. The van der Waals surface area contributed by atoms with Gasteiger partial charge in [0.05, 0.1) is 7.11 Å². The SMILES string of the molecule is COc1ccc(C=C2NC(=O)N(CC(=O)O)C2=O)c2ccccc12. The minimum absolute atomic E-state index is 0.0385. The monoisotopic (exact) mass is 326 g/mol. The van der Waals surface area contributed by atoms with Crippen LogP contribution < -0.4 is 10.1 Å². The van der Waals surface area contributed by atoms with Crippen LogP contribution in [0.25, 0.3) is 16.8 Å². The van der Waals surface area contributed by atoms with Crippen molar-refractivity contribution in [3.63, 3.8) is 0 Å². The average Bonchev–Trinajstić information content (AvgIpc) is 2.82. The fraction of sp³-hybridized carbons (Fsp3) is 0.118. The molecule has 24 heavy (non-hydrogen) atoms. The van der Waals surface area contributed by atoms with Crippen LogP contribution in [0.1, 0.15) is 5.56 Å².